The molecule has 5 aromatic carbocycles. The van der Waals surface area contributed by atoms with E-state index in [0.717, 1.165) is 0 Å². The molecule has 0 aliphatic rings. The lowest BCUT2D eigenvalue weighted by molar-refractivity contribution is -0.116. The average Bonchev–Trinajstić information content (AvgIpc) is 3.14. The summed E-state index contributed by atoms with van der Waals surface area (Å²) in [4.78, 5) is 52.7. The van der Waals surface area contributed by atoms with Crippen LogP contribution in [0.25, 0.3) is 6.08 Å². The Balaban J connectivity index is 1.40. The van der Waals surface area contributed by atoms with Crippen LogP contribution in [0, 0.1) is 0 Å². The van der Waals surface area contributed by atoms with Crippen molar-refractivity contribution in [3.63, 3.8) is 0 Å². The van der Waals surface area contributed by atoms with Crippen LogP contribution in [0.1, 0.15) is 37.1 Å². The third kappa shape index (κ3) is 9.34. The molecule has 51 heavy (non-hydrogen) atoms. The van der Waals surface area contributed by atoms with Crippen molar-refractivity contribution < 1.29 is 38.9 Å². The summed E-state index contributed by atoms with van der Waals surface area (Å²) in [5.74, 6) is -2.34. The second kappa shape index (κ2) is 16.7. The van der Waals surface area contributed by atoms with Crippen LogP contribution >= 0.6 is 11.8 Å². The number of ether oxygens (including phenoxy) is 2. The Bertz CT molecular complexity index is 2090. The first-order valence-electron chi connectivity index (χ1n) is 15.5. The number of rotatable bonds is 13. The highest BCUT2D eigenvalue weighted by molar-refractivity contribution is 8.00. The van der Waals surface area contributed by atoms with Gasteiger partial charge in [0.1, 0.15) is 22.3 Å². The molecule has 258 valence electrons. The van der Waals surface area contributed by atoms with Gasteiger partial charge in [0.25, 0.3) is 11.8 Å². The number of methoxy groups -OCH3 is 2. The van der Waals surface area contributed by atoms with Gasteiger partial charge in [-0.15, -0.1) is 11.8 Å². The Labute approximate surface area is 297 Å². The summed E-state index contributed by atoms with van der Waals surface area (Å²) in [6, 6.07) is 33.2. The zero-order valence-electron chi connectivity index (χ0n) is 27.5. The van der Waals surface area contributed by atoms with Gasteiger partial charge in [-0.05, 0) is 77.9 Å². The monoisotopic (exact) mass is 703 g/mol. The lowest BCUT2D eigenvalue weighted by atomic mass is 10.1. The molecular formula is C39H33N3O8S. The van der Waals surface area contributed by atoms with Crippen LogP contribution < -0.4 is 25.4 Å². The number of thioether (sulfide) groups is 1. The van der Waals surface area contributed by atoms with E-state index in [1.165, 1.54) is 50.3 Å². The fourth-order valence-electron chi connectivity index (χ4n) is 4.93. The molecule has 1 atom stereocenters. The van der Waals surface area contributed by atoms with Crippen LogP contribution in [0.4, 0.5) is 11.4 Å². The number of hydrogen-bond donors (Lipinski definition) is 5. The third-order valence-corrected chi connectivity index (χ3v) is 8.68. The second-order valence-electron chi connectivity index (χ2n) is 10.9. The molecule has 0 saturated carbocycles. The first-order valence-corrected chi connectivity index (χ1v) is 16.3. The summed E-state index contributed by atoms with van der Waals surface area (Å²) in [6.07, 6.45) is 1.52. The third-order valence-electron chi connectivity index (χ3n) is 7.43. The van der Waals surface area contributed by atoms with Crippen LogP contribution in [0.5, 0.6) is 17.2 Å². The largest absolute Gasteiger partial charge is 0.507 e. The van der Waals surface area contributed by atoms with Crippen molar-refractivity contribution in [3.05, 3.63) is 149 Å². The van der Waals surface area contributed by atoms with Gasteiger partial charge in [0.2, 0.25) is 5.91 Å². The van der Waals surface area contributed by atoms with Crippen LogP contribution in [0.15, 0.2) is 132 Å². The molecule has 3 amide bonds. The maximum atomic E-state index is 13.7. The van der Waals surface area contributed by atoms with Crippen LogP contribution in [0.3, 0.4) is 0 Å². The number of carbonyl (C=O) groups excluding carboxylic acids is 3. The zero-order chi connectivity index (χ0) is 36.3. The average molecular weight is 704 g/mol. The fraction of sp³-hybridized carbons (Fsp3) is 0.0769. The molecule has 5 rings (SSSR count). The van der Waals surface area contributed by atoms with E-state index in [1.54, 1.807) is 97.1 Å². The van der Waals surface area contributed by atoms with Crippen molar-refractivity contribution in [1.82, 2.24) is 5.32 Å². The number of nitrogens with one attached hydrogen (secondary N) is 3. The second-order valence-corrected chi connectivity index (χ2v) is 12.1. The summed E-state index contributed by atoms with van der Waals surface area (Å²) in [5, 5.41) is 26.8. The first-order chi connectivity index (χ1) is 24.6. The van der Waals surface area contributed by atoms with Crippen LogP contribution in [0.2, 0.25) is 0 Å². The predicted molar refractivity (Wildman–Crippen MR) is 195 cm³/mol. The van der Waals surface area contributed by atoms with Gasteiger partial charge >= 0.3 is 5.97 Å². The summed E-state index contributed by atoms with van der Waals surface area (Å²) in [5.41, 5.74) is 1.81. The number of benzene rings is 5. The highest BCUT2D eigenvalue weighted by atomic mass is 32.2. The number of aromatic hydroxyl groups is 1. The van der Waals surface area contributed by atoms with E-state index < -0.39 is 34.7 Å². The molecule has 0 aliphatic heterocycles. The van der Waals surface area contributed by atoms with Crippen molar-refractivity contribution in [2.45, 2.75) is 10.1 Å². The van der Waals surface area contributed by atoms with Crippen molar-refractivity contribution in [3.8, 4) is 17.2 Å². The van der Waals surface area contributed by atoms with E-state index >= 15 is 0 Å². The molecule has 0 aliphatic carbocycles. The number of hydrogen-bond acceptors (Lipinski definition) is 8. The highest BCUT2D eigenvalue weighted by Gasteiger charge is 2.24. The number of aromatic carboxylic acids is 1. The molecule has 0 spiro atoms. The molecule has 11 nitrogen and oxygen atoms in total. The lowest BCUT2D eigenvalue weighted by Gasteiger charge is -2.18. The van der Waals surface area contributed by atoms with Gasteiger partial charge in [-0.3, -0.25) is 14.4 Å². The molecule has 0 heterocycles. The van der Waals surface area contributed by atoms with Gasteiger partial charge in [-0.25, -0.2) is 4.79 Å². The minimum absolute atomic E-state index is 0.0368. The van der Waals surface area contributed by atoms with Gasteiger partial charge in [-0.2, -0.15) is 0 Å². The molecule has 5 N–H and O–H groups in total. The van der Waals surface area contributed by atoms with Crippen molar-refractivity contribution >= 4 is 52.9 Å². The Morgan fingerprint density at radius 2 is 1.41 bits per heavy atom. The first kappa shape index (κ1) is 35.8. The number of carboxylic acid groups (broad SMARTS) is 1. The smallest absolute Gasteiger partial charge is 0.339 e. The maximum absolute atomic E-state index is 13.7. The van der Waals surface area contributed by atoms with Gasteiger partial charge in [-0.1, -0.05) is 60.7 Å². The molecule has 0 radical (unpaired) electrons. The number of amides is 3. The molecular weight excluding hydrogens is 671 g/mol. The van der Waals surface area contributed by atoms with E-state index in [4.69, 9.17) is 9.47 Å². The van der Waals surface area contributed by atoms with Crippen molar-refractivity contribution in [2.24, 2.45) is 0 Å². The number of carboxylic acids is 1. The van der Waals surface area contributed by atoms with E-state index in [2.05, 4.69) is 16.0 Å². The number of carbonyl (C=O) groups is 4. The highest BCUT2D eigenvalue weighted by Crippen LogP contribution is 2.37. The Kier molecular flexibility index (Phi) is 11.7. The predicted octanol–water partition coefficient (Wildman–Crippen LogP) is 6.99. The minimum Gasteiger partial charge on any atom is -0.507 e. The van der Waals surface area contributed by atoms with Gasteiger partial charge in [0, 0.05) is 21.8 Å². The SMILES string of the molecule is COc1ccc(/C=C(/NC(=O)c2ccccc2)C(=O)Nc2cccc(SC(C(=O)Nc3ccc(O)c(C(=O)O)c3)c3ccccc3)c2)cc1OC. The number of anilines is 2. The molecule has 0 saturated heterocycles. The quantitative estimate of drug-likeness (QED) is 0.0494. The van der Waals surface area contributed by atoms with Gasteiger partial charge in [0.15, 0.2) is 11.5 Å². The fourth-order valence-corrected chi connectivity index (χ4v) is 6.01. The van der Waals surface area contributed by atoms with E-state index in [0.29, 0.717) is 38.8 Å². The summed E-state index contributed by atoms with van der Waals surface area (Å²) in [7, 11) is 3.01. The van der Waals surface area contributed by atoms with Gasteiger partial charge in [0.05, 0.1) is 14.2 Å². The zero-order valence-corrected chi connectivity index (χ0v) is 28.3. The summed E-state index contributed by atoms with van der Waals surface area (Å²) in [6.45, 7) is 0. The standard InChI is InChI=1S/C39H33N3O8S/c1-49-33-19-16-24(21-34(33)50-2)20-31(42-36(44)26-12-7-4-8-13-26)37(45)40-27-14-9-15-29(22-27)51-35(25-10-5-3-6-11-25)38(46)41-28-17-18-32(43)30(23-28)39(47)48/h3-23,35,43H,1-2H3,(H,40,45)(H,41,46)(H,42,44)(H,47,48)/b31-20+. The van der Waals surface area contributed by atoms with Crippen LogP contribution in [-0.4, -0.2) is 48.1 Å². The molecule has 12 heteroatoms. The molecule has 1 unspecified atom stereocenters. The molecule has 0 aromatic heterocycles. The Morgan fingerprint density at radius 1 is 0.725 bits per heavy atom. The Morgan fingerprint density at radius 3 is 2.10 bits per heavy atom. The maximum Gasteiger partial charge on any atom is 0.339 e. The number of phenols is 1. The van der Waals surface area contributed by atoms with E-state index in [9.17, 15) is 29.4 Å². The van der Waals surface area contributed by atoms with E-state index in [1.807, 2.05) is 6.07 Å². The molecule has 5 aromatic rings. The summed E-state index contributed by atoms with van der Waals surface area (Å²) >= 11 is 1.21. The molecule has 0 bridgehead atoms. The normalized spacial score (nSPS) is 11.5. The van der Waals surface area contributed by atoms with E-state index in [-0.39, 0.29) is 16.9 Å². The van der Waals surface area contributed by atoms with Crippen LogP contribution in [-0.2, 0) is 9.59 Å². The Hall–Kier alpha value is -6.53. The summed E-state index contributed by atoms with van der Waals surface area (Å²) < 4.78 is 10.7. The minimum atomic E-state index is -1.34. The topological polar surface area (TPSA) is 163 Å². The van der Waals surface area contributed by atoms with Crippen molar-refractivity contribution in [2.75, 3.05) is 24.9 Å². The lowest BCUT2D eigenvalue weighted by Crippen LogP contribution is -2.30. The van der Waals surface area contributed by atoms with Crippen molar-refractivity contribution in [1.29, 1.82) is 0 Å². The molecule has 0 fully saturated rings. The van der Waals surface area contributed by atoms with Gasteiger partial charge < -0.3 is 35.6 Å².